The maximum Gasteiger partial charge on any atom is 0.161 e. The molecule has 0 aliphatic carbocycles. The minimum absolute atomic E-state index is 0.143. The first-order chi connectivity index (χ1) is 9.67. The third-order valence-electron chi connectivity index (χ3n) is 3.72. The van der Waals surface area contributed by atoms with Crippen molar-refractivity contribution >= 4 is 0 Å². The third kappa shape index (κ3) is 3.42. The molecule has 0 spiro atoms. The van der Waals surface area contributed by atoms with E-state index in [1.54, 1.807) is 14.2 Å². The maximum atomic E-state index is 5.68. The Bertz CT molecular complexity index is 451. The smallest absolute Gasteiger partial charge is 0.161 e. The number of nitrogens with zero attached hydrogens (tertiary/aromatic N) is 1. The van der Waals surface area contributed by atoms with Gasteiger partial charge in [-0.05, 0) is 30.2 Å². The van der Waals surface area contributed by atoms with Gasteiger partial charge in [-0.15, -0.1) is 0 Å². The number of nitrogens with two attached hydrogens (primary N) is 1. The monoisotopic (exact) mass is 280 g/mol. The number of hydrogen-bond acceptors (Lipinski definition) is 5. The Kier molecular flexibility index (Phi) is 5.23. The molecule has 112 valence electrons. The Balaban J connectivity index is 2.12. The van der Waals surface area contributed by atoms with Crippen LogP contribution in [-0.4, -0.2) is 51.5 Å². The molecule has 2 rings (SSSR count). The molecule has 1 aliphatic rings. The van der Waals surface area contributed by atoms with Crippen molar-refractivity contribution in [3.05, 3.63) is 23.3 Å². The molecule has 1 aromatic rings. The zero-order valence-corrected chi connectivity index (χ0v) is 12.5. The lowest BCUT2D eigenvalue weighted by Gasteiger charge is -2.32. The molecule has 20 heavy (non-hydrogen) atoms. The largest absolute Gasteiger partial charge is 0.493 e. The van der Waals surface area contributed by atoms with Gasteiger partial charge >= 0.3 is 0 Å². The van der Waals surface area contributed by atoms with Crippen molar-refractivity contribution < 1.29 is 14.2 Å². The van der Waals surface area contributed by atoms with Gasteiger partial charge in [0.1, 0.15) is 0 Å². The van der Waals surface area contributed by atoms with E-state index in [4.69, 9.17) is 19.9 Å². The van der Waals surface area contributed by atoms with Gasteiger partial charge in [0.05, 0.1) is 26.9 Å². The van der Waals surface area contributed by atoms with Crippen LogP contribution in [0.3, 0.4) is 0 Å². The van der Waals surface area contributed by atoms with E-state index >= 15 is 0 Å². The predicted octanol–water partition coefficient (Wildman–Crippen LogP) is 1.17. The van der Waals surface area contributed by atoms with E-state index in [1.165, 1.54) is 11.1 Å². The normalized spacial score (nSPS) is 19.9. The standard InChI is InChI=1S/C15H24N2O3/c1-11-6-14(18-2)15(19-3)7-12(11)9-17-4-5-20-13(8-16)10-17/h6-7,13H,4-5,8-10,16H2,1-3H3. The van der Waals surface area contributed by atoms with Crippen molar-refractivity contribution in [3.8, 4) is 11.5 Å². The van der Waals surface area contributed by atoms with Gasteiger partial charge in [-0.3, -0.25) is 4.90 Å². The molecular formula is C15H24N2O3. The molecule has 5 heteroatoms. The molecule has 0 saturated carbocycles. The lowest BCUT2D eigenvalue weighted by atomic mass is 10.1. The fourth-order valence-corrected chi connectivity index (χ4v) is 2.50. The molecule has 1 fully saturated rings. The van der Waals surface area contributed by atoms with Crippen molar-refractivity contribution in [1.82, 2.24) is 4.90 Å². The first-order valence-corrected chi connectivity index (χ1v) is 6.93. The Morgan fingerprint density at radius 1 is 1.30 bits per heavy atom. The Morgan fingerprint density at radius 2 is 2.00 bits per heavy atom. The molecular weight excluding hydrogens is 256 g/mol. The van der Waals surface area contributed by atoms with Gasteiger partial charge in [0.2, 0.25) is 0 Å². The van der Waals surface area contributed by atoms with Crippen LogP contribution in [0.1, 0.15) is 11.1 Å². The summed E-state index contributed by atoms with van der Waals surface area (Å²) in [5.74, 6) is 1.55. The highest BCUT2D eigenvalue weighted by Gasteiger charge is 2.20. The first kappa shape index (κ1) is 15.1. The fraction of sp³-hybridized carbons (Fsp3) is 0.600. The highest BCUT2D eigenvalue weighted by Crippen LogP contribution is 2.31. The van der Waals surface area contributed by atoms with E-state index in [0.29, 0.717) is 6.54 Å². The number of morpholine rings is 1. The lowest BCUT2D eigenvalue weighted by Crippen LogP contribution is -2.45. The van der Waals surface area contributed by atoms with Crippen molar-refractivity contribution in [2.24, 2.45) is 5.73 Å². The molecule has 1 aromatic carbocycles. The van der Waals surface area contributed by atoms with Crippen LogP contribution in [0.25, 0.3) is 0 Å². The van der Waals surface area contributed by atoms with Crippen molar-refractivity contribution in [2.75, 3.05) is 40.5 Å². The topological polar surface area (TPSA) is 57.0 Å². The van der Waals surface area contributed by atoms with Crippen LogP contribution >= 0.6 is 0 Å². The minimum Gasteiger partial charge on any atom is -0.493 e. The second-order valence-electron chi connectivity index (χ2n) is 5.10. The number of methoxy groups -OCH3 is 2. The summed E-state index contributed by atoms with van der Waals surface area (Å²) in [6.07, 6.45) is 0.143. The average molecular weight is 280 g/mol. The summed E-state index contributed by atoms with van der Waals surface area (Å²) in [5.41, 5.74) is 8.14. The van der Waals surface area contributed by atoms with Gasteiger partial charge in [-0.1, -0.05) is 0 Å². The number of rotatable bonds is 5. The lowest BCUT2D eigenvalue weighted by molar-refractivity contribution is -0.0261. The Morgan fingerprint density at radius 3 is 2.65 bits per heavy atom. The number of ether oxygens (including phenoxy) is 3. The number of hydrogen-bond donors (Lipinski definition) is 1. The molecule has 0 bridgehead atoms. The molecule has 1 saturated heterocycles. The van der Waals surface area contributed by atoms with Crippen molar-refractivity contribution in [3.63, 3.8) is 0 Å². The summed E-state index contributed by atoms with van der Waals surface area (Å²) in [7, 11) is 3.32. The zero-order valence-electron chi connectivity index (χ0n) is 12.5. The van der Waals surface area contributed by atoms with Crippen LogP contribution in [-0.2, 0) is 11.3 Å². The molecule has 1 atom stereocenters. The summed E-state index contributed by atoms with van der Waals surface area (Å²) >= 11 is 0. The second-order valence-corrected chi connectivity index (χ2v) is 5.10. The van der Waals surface area contributed by atoms with E-state index in [2.05, 4.69) is 17.9 Å². The summed E-state index contributed by atoms with van der Waals surface area (Å²) < 4.78 is 16.3. The zero-order chi connectivity index (χ0) is 14.5. The molecule has 0 amide bonds. The molecule has 1 unspecified atom stereocenters. The quantitative estimate of drug-likeness (QED) is 0.877. The number of aryl methyl sites for hydroxylation is 1. The Hall–Kier alpha value is -1.30. The Labute approximate surface area is 120 Å². The van der Waals surface area contributed by atoms with Crippen LogP contribution in [0.5, 0.6) is 11.5 Å². The predicted molar refractivity (Wildman–Crippen MR) is 78.4 cm³/mol. The third-order valence-corrected chi connectivity index (χ3v) is 3.72. The van der Waals surface area contributed by atoms with Gasteiger partial charge in [-0.25, -0.2) is 0 Å². The highest BCUT2D eigenvalue weighted by atomic mass is 16.5. The van der Waals surface area contributed by atoms with Gasteiger partial charge in [0, 0.05) is 26.2 Å². The summed E-state index contributed by atoms with van der Waals surface area (Å²) in [5, 5.41) is 0. The van der Waals surface area contributed by atoms with Gasteiger partial charge in [0.15, 0.2) is 11.5 Å². The molecule has 0 radical (unpaired) electrons. The van der Waals surface area contributed by atoms with Crippen LogP contribution in [0.15, 0.2) is 12.1 Å². The molecule has 0 aromatic heterocycles. The van der Waals surface area contributed by atoms with Crippen molar-refractivity contribution in [2.45, 2.75) is 19.6 Å². The summed E-state index contributed by atoms with van der Waals surface area (Å²) in [6, 6.07) is 4.08. The van der Waals surface area contributed by atoms with Crippen LogP contribution in [0.2, 0.25) is 0 Å². The van der Waals surface area contributed by atoms with E-state index in [-0.39, 0.29) is 6.10 Å². The maximum absolute atomic E-state index is 5.68. The summed E-state index contributed by atoms with van der Waals surface area (Å²) in [4.78, 5) is 2.37. The summed E-state index contributed by atoms with van der Waals surface area (Å²) in [6.45, 7) is 6.11. The van der Waals surface area contributed by atoms with Crippen molar-refractivity contribution in [1.29, 1.82) is 0 Å². The van der Waals surface area contributed by atoms with E-state index in [0.717, 1.165) is 37.7 Å². The van der Waals surface area contributed by atoms with Crippen LogP contribution in [0, 0.1) is 6.92 Å². The van der Waals surface area contributed by atoms with Gasteiger partial charge in [-0.2, -0.15) is 0 Å². The van der Waals surface area contributed by atoms with Gasteiger partial charge < -0.3 is 19.9 Å². The molecule has 2 N–H and O–H groups in total. The van der Waals surface area contributed by atoms with Gasteiger partial charge in [0.25, 0.3) is 0 Å². The average Bonchev–Trinajstić information content (AvgIpc) is 2.49. The number of benzene rings is 1. The first-order valence-electron chi connectivity index (χ1n) is 6.93. The molecule has 1 aliphatic heterocycles. The van der Waals surface area contributed by atoms with E-state index in [9.17, 15) is 0 Å². The molecule has 1 heterocycles. The second kappa shape index (κ2) is 6.92. The van der Waals surface area contributed by atoms with E-state index < -0.39 is 0 Å². The fourth-order valence-electron chi connectivity index (χ4n) is 2.50. The van der Waals surface area contributed by atoms with Crippen LogP contribution in [0.4, 0.5) is 0 Å². The SMILES string of the molecule is COc1cc(C)c(CN2CCOC(CN)C2)cc1OC. The minimum atomic E-state index is 0.143. The highest BCUT2D eigenvalue weighted by molar-refractivity contribution is 5.47. The van der Waals surface area contributed by atoms with E-state index in [1.807, 2.05) is 6.07 Å². The molecule has 5 nitrogen and oxygen atoms in total. The van der Waals surface area contributed by atoms with Crippen LogP contribution < -0.4 is 15.2 Å².